The van der Waals surface area contributed by atoms with Crippen molar-refractivity contribution in [1.29, 1.82) is 0 Å². The first-order chi connectivity index (χ1) is 10.6. The molecule has 0 aliphatic rings. The monoisotopic (exact) mass is 367 g/mol. The molecule has 0 unspecified atom stereocenters. The molecule has 0 spiro atoms. The molecule has 0 aromatic heterocycles. The van der Waals surface area contributed by atoms with Crippen LogP contribution in [0.1, 0.15) is 5.56 Å². The van der Waals surface area contributed by atoms with Crippen molar-refractivity contribution >= 4 is 21.6 Å². The minimum absolute atomic E-state index is 0.0275. The van der Waals surface area contributed by atoms with E-state index >= 15 is 0 Å². The molecule has 0 aliphatic heterocycles. The maximum absolute atomic E-state index is 10.6. The smallest absolute Gasteiger partial charge is 0.269 e. The molecule has 0 bridgehead atoms. The minimum Gasteiger partial charge on any atom is -0.493 e. The summed E-state index contributed by atoms with van der Waals surface area (Å²) in [5, 5.41) is 10.6. The zero-order chi connectivity index (χ0) is 16.1. The summed E-state index contributed by atoms with van der Waals surface area (Å²) in [6.45, 7) is 0.290. The number of hydrogen-bond donors (Lipinski definition) is 0. The van der Waals surface area contributed by atoms with Crippen LogP contribution in [0.3, 0.4) is 0 Å². The van der Waals surface area contributed by atoms with E-state index in [2.05, 4.69) is 15.9 Å². The Morgan fingerprint density at radius 3 is 2.32 bits per heavy atom. The average molecular weight is 368 g/mol. The standard InChI is InChI=1S/C15H14BrNO5/c1-20-13-8-3-10(14(16)15(13)21-2)9-22-12-6-4-11(5-7-12)17(18)19/h3-8H,9H2,1-2H3. The predicted molar refractivity (Wildman–Crippen MR) is 84.7 cm³/mol. The highest BCUT2D eigenvalue weighted by atomic mass is 79.9. The molecule has 0 saturated heterocycles. The van der Waals surface area contributed by atoms with Crippen molar-refractivity contribution in [3.05, 3.63) is 56.5 Å². The largest absolute Gasteiger partial charge is 0.493 e. The highest BCUT2D eigenvalue weighted by Crippen LogP contribution is 2.37. The Morgan fingerprint density at radius 1 is 1.09 bits per heavy atom. The Balaban J connectivity index is 2.13. The Morgan fingerprint density at radius 2 is 1.77 bits per heavy atom. The van der Waals surface area contributed by atoms with Crippen LogP contribution in [0.25, 0.3) is 0 Å². The van der Waals surface area contributed by atoms with Crippen molar-refractivity contribution in [3.63, 3.8) is 0 Å². The first-order valence-corrected chi connectivity index (χ1v) is 7.12. The summed E-state index contributed by atoms with van der Waals surface area (Å²) in [5.74, 6) is 1.76. The molecule has 0 N–H and O–H groups in total. The third-order valence-electron chi connectivity index (χ3n) is 3.01. The maximum atomic E-state index is 10.6. The van der Waals surface area contributed by atoms with Crippen molar-refractivity contribution in [2.45, 2.75) is 6.61 Å². The molecule has 0 aliphatic carbocycles. The van der Waals surface area contributed by atoms with Gasteiger partial charge in [-0.15, -0.1) is 0 Å². The fraction of sp³-hybridized carbons (Fsp3) is 0.200. The normalized spacial score (nSPS) is 10.1. The van der Waals surface area contributed by atoms with Crippen molar-refractivity contribution in [2.75, 3.05) is 14.2 Å². The van der Waals surface area contributed by atoms with Gasteiger partial charge in [0.2, 0.25) is 0 Å². The van der Waals surface area contributed by atoms with E-state index in [1.165, 1.54) is 12.1 Å². The summed E-state index contributed by atoms with van der Waals surface area (Å²) in [6, 6.07) is 9.58. The zero-order valence-corrected chi connectivity index (χ0v) is 13.6. The lowest BCUT2D eigenvalue weighted by molar-refractivity contribution is -0.384. The molecule has 0 amide bonds. The fourth-order valence-electron chi connectivity index (χ4n) is 1.87. The lowest BCUT2D eigenvalue weighted by atomic mass is 10.2. The van der Waals surface area contributed by atoms with Crippen LogP contribution in [-0.2, 0) is 6.61 Å². The highest BCUT2D eigenvalue weighted by Gasteiger charge is 2.13. The number of non-ortho nitro benzene ring substituents is 1. The van der Waals surface area contributed by atoms with Crippen LogP contribution in [-0.4, -0.2) is 19.1 Å². The van der Waals surface area contributed by atoms with Crippen molar-refractivity contribution in [1.82, 2.24) is 0 Å². The van der Waals surface area contributed by atoms with Gasteiger partial charge in [0.1, 0.15) is 12.4 Å². The fourth-order valence-corrected chi connectivity index (χ4v) is 2.47. The first-order valence-electron chi connectivity index (χ1n) is 6.33. The van der Waals surface area contributed by atoms with Crippen LogP contribution < -0.4 is 14.2 Å². The average Bonchev–Trinajstić information content (AvgIpc) is 2.53. The van der Waals surface area contributed by atoms with Gasteiger partial charge in [-0.05, 0) is 34.1 Å². The van der Waals surface area contributed by atoms with Crippen molar-refractivity contribution in [2.24, 2.45) is 0 Å². The molecule has 0 radical (unpaired) electrons. The molecule has 2 rings (SSSR count). The molecule has 22 heavy (non-hydrogen) atoms. The van der Waals surface area contributed by atoms with Gasteiger partial charge in [0.25, 0.3) is 5.69 Å². The second kappa shape index (κ2) is 7.13. The van der Waals surface area contributed by atoms with E-state index in [-0.39, 0.29) is 5.69 Å². The summed E-state index contributed by atoms with van der Waals surface area (Å²) < 4.78 is 16.9. The first kappa shape index (κ1) is 16.1. The summed E-state index contributed by atoms with van der Waals surface area (Å²) in [6.07, 6.45) is 0. The lowest BCUT2D eigenvalue weighted by Crippen LogP contribution is -2.00. The molecule has 0 heterocycles. The molecule has 116 valence electrons. The van der Waals surface area contributed by atoms with E-state index in [1.54, 1.807) is 32.4 Å². The van der Waals surface area contributed by atoms with Gasteiger partial charge in [0.05, 0.1) is 23.6 Å². The van der Waals surface area contributed by atoms with Crippen molar-refractivity contribution in [3.8, 4) is 17.2 Å². The summed E-state index contributed by atoms with van der Waals surface area (Å²) in [5.41, 5.74) is 0.899. The van der Waals surface area contributed by atoms with E-state index in [9.17, 15) is 10.1 Å². The molecule has 0 atom stereocenters. The van der Waals surface area contributed by atoms with E-state index in [4.69, 9.17) is 14.2 Å². The number of ether oxygens (including phenoxy) is 3. The second-order valence-electron chi connectivity index (χ2n) is 4.31. The third-order valence-corrected chi connectivity index (χ3v) is 3.88. The van der Waals surface area contributed by atoms with Crippen LogP contribution in [0, 0.1) is 10.1 Å². The van der Waals surface area contributed by atoms with Gasteiger partial charge in [-0.2, -0.15) is 0 Å². The van der Waals surface area contributed by atoms with E-state index in [0.717, 1.165) is 10.0 Å². The highest BCUT2D eigenvalue weighted by molar-refractivity contribution is 9.10. The molecular formula is C15H14BrNO5. The quantitative estimate of drug-likeness (QED) is 0.570. The molecule has 0 fully saturated rings. The number of hydrogen-bond acceptors (Lipinski definition) is 5. The molecular weight excluding hydrogens is 354 g/mol. The van der Waals surface area contributed by atoms with E-state index in [1.807, 2.05) is 6.07 Å². The maximum Gasteiger partial charge on any atom is 0.269 e. The van der Waals surface area contributed by atoms with Gasteiger partial charge in [-0.3, -0.25) is 10.1 Å². The Labute approximate surface area is 135 Å². The molecule has 7 heteroatoms. The van der Waals surface area contributed by atoms with Gasteiger partial charge < -0.3 is 14.2 Å². The molecule has 0 saturated carbocycles. The Bertz CT molecular complexity index is 672. The van der Waals surface area contributed by atoms with Gasteiger partial charge in [-0.1, -0.05) is 6.07 Å². The van der Waals surface area contributed by atoms with Gasteiger partial charge in [0, 0.05) is 17.7 Å². The summed E-state index contributed by atoms with van der Waals surface area (Å²) >= 11 is 3.46. The van der Waals surface area contributed by atoms with Gasteiger partial charge in [-0.25, -0.2) is 0 Å². The number of methoxy groups -OCH3 is 2. The van der Waals surface area contributed by atoms with Crippen LogP contribution in [0.2, 0.25) is 0 Å². The molecule has 6 nitrogen and oxygen atoms in total. The Kier molecular flexibility index (Phi) is 5.21. The van der Waals surface area contributed by atoms with Crippen LogP contribution in [0.5, 0.6) is 17.2 Å². The van der Waals surface area contributed by atoms with Crippen LogP contribution in [0.4, 0.5) is 5.69 Å². The summed E-state index contributed by atoms with van der Waals surface area (Å²) in [7, 11) is 3.13. The number of halogens is 1. The number of rotatable bonds is 6. The predicted octanol–water partition coefficient (Wildman–Crippen LogP) is 3.95. The lowest BCUT2D eigenvalue weighted by Gasteiger charge is -2.13. The van der Waals surface area contributed by atoms with E-state index in [0.29, 0.717) is 23.9 Å². The summed E-state index contributed by atoms with van der Waals surface area (Å²) in [4.78, 5) is 10.2. The topological polar surface area (TPSA) is 70.8 Å². The van der Waals surface area contributed by atoms with Gasteiger partial charge in [0.15, 0.2) is 11.5 Å². The number of nitro benzene ring substituents is 1. The van der Waals surface area contributed by atoms with Gasteiger partial charge >= 0.3 is 0 Å². The zero-order valence-electron chi connectivity index (χ0n) is 12.0. The van der Waals surface area contributed by atoms with Crippen LogP contribution >= 0.6 is 15.9 Å². The SMILES string of the molecule is COc1ccc(COc2ccc([N+](=O)[O-])cc2)c(Br)c1OC. The minimum atomic E-state index is -0.450. The second-order valence-corrected chi connectivity index (χ2v) is 5.11. The molecule has 2 aromatic rings. The molecule has 2 aromatic carbocycles. The van der Waals surface area contributed by atoms with E-state index < -0.39 is 4.92 Å². The Hall–Kier alpha value is -2.28. The number of benzene rings is 2. The number of nitro groups is 1. The third kappa shape index (κ3) is 3.48. The van der Waals surface area contributed by atoms with Crippen molar-refractivity contribution < 1.29 is 19.1 Å². The number of nitrogens with zero attached hydrogens (tertiary/aromatic N) is 1. The van der Waals surface area contributed by atoms with Crippen LogP contribution in [0.15, 0.2) is 40.9 Å².